The summed E-state index contributed by atoms with van der Waals surface area (Å²) in [5, 5.41) is 5.32. The van der Waals surface area contributed by atoms with E-state index >= 15 is 0 Å². The minimum Gasteiger partial charge on any atom is -0.509 e. The predicted molar refractivity (Wildman–Crippen MR) is 312 cm³/mol. The molecule has 0 spiro atoms. The van der Waals surface area contributed by atoms with E-state index in [1.54, 1.807) is 0 Å². The minimum atomic E-state index is -1.76. The fourth-order valence-electron chi connectivity index (χ4n) is 14.0. The zero-order chi connectivity index (χ0) is 51.0. The third-order valence-electron chi connectivity index (χ3n) is 17.3. The third kappa shape index (κ3) is 8.56. The maximum absolute atomic E-state index is 7.08. The van der Waals surface area contributed by atoms with Gasteiger partial charge >= 0.3 is 0 Å². The first-order chi connectivity index (χ1) is 34.7. The third-order valence-corrected chi connectivity index (χ3v) is 21.4. The molecule has 8 aromatic rings. The van der Waals surface area contributed by atoms with Crippen molar-refractivity contribution in [2.45, 2.75) is 129 Å². The van der Waals surface area contributed by atoms with Crippen molar-refractivity contribution in [3.63, 3.8) is 0 Å². The molecule has 0 atom stereocenters. The predicted octanol–water partition coefficient (Wildman–Crippen LogP) is 16.4. The largest absolute Gasteiger partial charge is 0.509 e. The van der Waals surface area contributed by atoms with Crippen molar-refractivity contribution in [3.05, 3.63) is 175 Å². The van der Waals surface area contributed by atoms with Gasteiger partial charge in [-0.05, 0) is 129 Å². The van der Waals surface area contributed by atoms with Crippen LogP contribution < -0.4 is 24.9 Å². The monoisotopic (exact) mass is 1190 g/mol. The van der Waals surface area contributed by atoms with Crippen LogP contribution in [0.15, 0.2) is 134 Å². The molecule has 6 aromatic carbocycles. The Balaban J connectivity index is 0.00000588. The first kappa shape index (κ1) is 50.9. The molecule has 4 bridgehead atoms. The summed E-state index contributed by atoms with van der Waals surface area (Å²) in [6, 6.07) is 55.7. The van der Waals surface area contributed by atoms with Crippen LogP contribution in [0.5, 0.6) is 11.5 Å². The molecule has 2 aromatic heterocycles. The van der Waals surface area contributed by atoms with Gasteiger partial charge in [-0.25, -0.2) is 4.98 Å². The summed E-state index contributed by atoms with van der Waals surface area (Å²) in [7, 11) is -3.52. The molecular formula is C66H73N4OPtSi2-3. The number of nitrogens with zero attached hydrogens (tertiary/aromatic N) is 4. The Bertz CT molecular complexity index is 3380. The number of hydrogen-bond acceptors (Lipinski definition) is 4. The van der Waals surface area contributed by atoms with Crippen molar-refractivity contribution in [1.82, 2.24) is 9.55 Å². The Kier molecular flexibility index (Phi) is 12.5. The number of para-hydroxylation sites is 3. The van der Waals surface area contributed by atoms with Gasteiger partial charge in [0.1, 0.15) is 5.82 Å². The molecule has 0 radical (unpaired) electrons. The zero-order valence-electron chi connectivity index (χ0n) is 45.6. The van der Waals surface area contributed by atoms with Gasteiger partial charge in [0.05, 0.1) is 16.1 Å². The topological polar surface area (TPSA) is 33.5 Å². The average Bonchev–Trinajstić information content (AvgIpc) is 3.88. The normalized spacial score (nSPS) is 21.6. The molecule has 1 aliphatic heterocycles. The van der Waals surface area contributed by atoms with E-state index in [1.165, 1.54) is 81.5 Å². The van der Waals surface area contributed by atoms with Crippen molar-refractivity contribution in [2.75, 3.05) is 9.80 Å². The number of ether oxygens (including phenoxy) is 1. The van der Waals surface area contributed by atoms with Crippen LogP contribution in [0.4, 0.5) is 22.7 Å². The number of rotatable bonds is 9. The van der Waals surface area contributed by atoms with Crippen LogP contribution in [0, 0.1) is 42.5 Å². The van der Waals surface area contributed by atoms with E-state index in [1.807, 2.05) is 0 Å². The van der Waals surface area contributed by atoms with E-state index in [-0.39, 0.29) is 37.3 Å². The maximum atomic E-state index is 7.08. The van der Waals surface area contributed by atoms with Crippen LogP contribution in [-0.2, 0) is 37.3 Å². The van der Waals surface area contributed by atoms with Gasteiger partial charge in [-0.2, -0.15) is 6.07 Å². The van der Waals surface area contributed by atoms with Crippen molar-refractivity contribution >= 4 is 71.1 Å². The van der Waals surface area contributed by atoms with E-state index in [0.29, 0.717) is 23.3 Å². The molecule has 5 nitrogen and oxygen atoms in total. The van der Waals surface area contributed by atoms with Crippen molar-refractivity contribution in [1.29, 1.82) is 0 Å². The van der Waals surface area contributed by atoms with E-state index < -0.39 is 16.1 Å². The van der Waals surface area contributed by atoms with Gasteiger partial charge in [-0.15, -0.1) is 53.6 Å². The van der Waals surface area contributed by atoms with Gasteiger partial charge in [-0.3, -0.25) is 0 Å². The standard InChI is InChI=1S/C66H73N4OSi2.Pt/c1-64(2,3)46-25-28-56-55(38-46)54-27-26-52(41-59(54)70(56)62-39-47(29-30-67-62)66(45-19-14-13-15-20-45)49-32-43-31-44(34-49)35-50(66)33-43)71-53-37-48(65(4,5)6)36-51(40-53)68-42-69(58-22-17-16-21-57(58)68)63-60(72(7,8)9)23-18-24-61(63)73(10,11)12;/h13-30,36-39,42-44,49-50H,31-35H2,1-12H3;/q-3;. The second kappa shape index (κ2) is 18.2. The Morgan fingerprint density at radius 1 is 0.581 bits per heavy atom. The van der Waals surface area contributed by atoms with Crippen LogP contribution in [0.2, 0.25) is 39.3 Å². The zero-order valence-corrected chi connectivity index (χ0v) is 49.9. The molecule has 8 heteroatoms. The van der Waals surface area contributed by atoms with Gasteiger partial charge in [-0.1, -0.05) is 159 Å². The van der Waals surface area contributed by atoms with Gasteiger partial charge in [0.15, 0.2) is 0 Å². The van der Waals surface area contributed by atoms with Crippen LogP contribution in [0.25, 0.3) is 27.6 Å². The summed E-state index contributed by atoms with van der Waals surface area (Å²) in [6.45, 7) is 30.9. The molecule has 13 rings (SSSR count). The molecule has 3 heterocycles. The SMILES string of the molecule is CC(C)(C)c1cc(Oc2[c-]c3c(cc2)c2cc(C(C)(C)C)ccc2n3-c2cc(C3(c4ccccc4)C4CC5CC(C4)CC3C5)ccn2)[c-]c(N2[CH-]N(c3c([Si](C)(C)C)cccc3[Si](C)(C)C)c3ccccc32)c1.[Pt]. The second-order valence-corrected chi connectivity index (χ2v) is 36.4. The average molecular weight is 1190 g/mol. The summed E-state index contributed by atoms with van der Waals surface area (Å²) in [5.74, 6) is 5.22. The van der Waals surface area contributed by atoms with E-state index in [0.717, 1.165) is 45.4 Å². The number of hydrogen-bond donors (Lipinski definition) is 0. The van der Waals surface area contributed by atoms with Gasteiger partial charge in [0.25, 0.3) is 0 Å². The minimum absolute atomic E-state index is 0. The number of benzene rings is 6. The molecular weight excluding hydrogens is 1120 g/mol. The Morgan fingerprint density at radius 3 is 1.82 bits per heavy atom. The van der Waals surface area contributed by atoms with Crippen LogP contribution in [0.3, 0.4) is 0 Å². The number of anilines is 4. The van der Waals surface area contributed by atoms with Crippen LogP contribution in [0.1, 0.15) is 95.9 Å². The summed E-state index contributed by atoms with van der Waals surface area (Å²) in [6.07, 6.45) is 8.79. The second-order valence-electron chi connectivity index (χ2n) is 26.4. The Labute approximate surface area is 458 Å². The summed E-state index contributed by atoms with van der Waals surface area (Å²) >= 11 is 0. The number of aromatic nitrogens is 2. The Hall–Kier alpha value is -5.21. The van der Waals surface area contributed by atoms with Gasteiger partial charge in [0, 0.05) is 66.8 Å². The first-order valence-corrected chi connectivity index (χ1v) is 34.1. The van der Waals surface area contributed by atoms with E-state index in [4.69, 9.17) is 9.72 Å². The molecule has 74 heavy (non-hydrogen) atoms. The molecule has 4 fully saturated rings. The van der Waals surface area contributed by atoms with Crippen molar-refractivity contribution in [3.8, 4) is 17.3 Å². The van der Waals surface area contributed by atoms with Gasteiger partial charge in [0.2, 0.25) is 0 Å². The summed E-state index contributed by atoms with van der Waals surface area (Å²) in [5.41, 5.74) is 11.9. The van der Waals surface area contributed by atoms with E-state index in [2.05, 4.69) is 248 Å². The molecule has 0 unspecified atom stereocenters. The van der Waals surface area contributed by atoms with E-state index in [9.17, 15) is 0 Å². The van der Waals surface area contributed by atoms with Crippen molar-refractivity contribution < 1.29 is 25.8 Å². The Morgan fingerprint density at radius 2 is 1.20 bits per heavy atom. The van der Waals surface area contributed by atoms with Crippen molar-refractivity contribution in [2.24, 2.45) is 23.7 Å². The summed E-state index contributed by atoms with van der Waals surface area (Å²) < 4.78 is 9.45. The molecule has 4 aliphatic carbocycles. The fraction of sp³-hybridized carbons (Fsp3) is 0.364. The molecule has 5 aliphatic rings. The van der Waals surface area contributed by atoms with Gasteiger partial charge < -0.3 is 19.1 Å². The summed E-state index contributed by atoms with van der Waals surface area (Å²) in [4.78, 5) is 10.1. The fourth-order valence-corrected chi connectivity index (χ4v) is 17.2. The molecule has 0 N–H and O–H groups in total. The maximum Gasteiger partial charge on any atom is 0.135 e. The molecule has 0 amide bonds. The smallest absolute Gasteiger partial charge is 0.135 e. The molecule has 0 saturated heterocycles. The van der Waals surface area contributed by atoms with Crippen LogP contribution >= 0.6 is 0 Å². The quantitative estimate of drug-likeness (QED) is 0.107. The molecule has 4 saturated carbocycles. The number of pyridine rings is 1. The first-order valence-electron chi connectivity index (χ1n) is 27.1. The number of fused-ring (bicyclic) bond motifs is 4. The molecule has 384 valence electrons. The van der Waals surface area contributed by atoms with Crippen LogP contribution in [-0.4, -0.2) is 25.7 Å².